The lowest BCUT2D eigenvalue weighted by atomic mass is 9.90. The highest BCUT2D eigenvalue weighted by atomic mass is 19.1. The first-order chi connectivity index (χ1) is 19.5. The Morgan fingerprint density at radius 3 is 2.22 bits per heavy atom. The van der Waals surface area contributed by atoms with Gasteiger partial charge in [0.1, 0.15) is 17.5 Å². The molecule has 3 aromatic carbocycles. The largest absolute Gasteiger partial charge is 0.493 e. The Balaban J connectivity index is 0.00000108. The Morgan fingerprint density at radius 2 is 1.66 bits per heavy atom. The number of primary amides is 1. The number of amidine groups is 1. The number of nitrogens with zero attached hydrogens (tertiary/aromatic N) is 2. The number of ether oxygens (including phenoxy) is 2. The minimum absolute atomic E-state index is 0.0785. The van der Waals surface area contributed by atoms with E-state index in [0.29, 0.717) is 11.3 Å². The number of aliphatic carboxylic acids is 1. The van der Waals surface area contributed by atoms with Gasteiger partial charge in [-0.25, -0.2) is 9.18 Å². The Labute approximate surface area is 233 Å². The van der Waals surface area contributed by atoms with Crippen molar-refractivity contribution in [1.82, 2.24) is 14.8 Å². The van der Waals surface area contributed by atoms with Crippen LogP contribution in [0.3, 0.4) is 0 Å². The second-order valence-corrected chi connectivity index (χ2v) is 8.72. The smallest absolute Gasteiger partial charge is 0.348 e. The van der Waals surface area contributed by atoms with Crippen LogP contribution in [0.15, 0.2) is 65.5 Å². The van der Waals surface area contributed by atoms with Crippen LogP contribution in [0.4, 0.5) is 4.39 Å². The Kier molecular flexibility index (Phi) is 9.59. The van der Waals surface area contributed by atoms with Gasteiger partial charge in [-0.3, -0.25) is 20.0 Å². The van der Waals surface area contributed by atoms with E-state index in [0.717, 1.165) is 17.2 Å². The normalized spacial score (nSPS) is 11.1. The third kappa shape index (κ3) is 7.15. The number of aromatic amines is 1. The molecule has 1 amide bonds. The number of para-hydroxylation sites is 1. The second kappa shape index (κ2) is 13.1. The van der Waals surface area contributed by atoms with Crippen LogP contribution in [0.5, 0.6) is 11.5 Å². The summed E-state index contributed by atoms with van der Waals surface area (Å²) in [7, 11) is 2.84. The van der Waals surface area contributed by atoms with Crippen LogP contribution in [0, 0.1) is 11.2 Å². The van der Waals surface area contributed by atoms with E-state index in [1.54, 1.807) is 42.5 Å². The number of benzene rings is 3. The summed E-state index contributed by atoms with van der Waals surface area (Å²) in [4.78, 5) is 36.6. The quantitative estimate of drug-likeness (QED) is 0.151. The molecule has 0 aliphatic rings. The summed E-state index contributed by atoms with van der Waals surface area (Å²) in [6, 6.07) is 15.9. The number of rotatable bonds is 9. The van der Waals surface area contributed by atoms with Gasteiger partial charge in [-0.1, -0.05) is 36.4 Å². The monoisotopic (exact) mass is 564 g/mol. The van der Waals surface area contributed by atoms with Gasteiger partial charge < -0.3 is 26.0 Å². The molecule has 0 aliphatic heterocycles. The molecule has 0 spiro atoms. The second-order valence-electron chi connectivity index (χ2n) is 8.72. The molecule has 13 heteroatoms. The minimum atomic E-state index is -0.833. The van der Waals surface area contributed by atoms with E-state index in [9.17, 15) is 9.59 Å². The van der Waals surface area contributed by atoms with Crippen molar-refractivity contribution in [1.29, 1.82) is 5.41 Å². The van der Waals surface area contributed by atoms with Gasteiger partial charge >= 0.3 is 5.69 Å². The first-order valence-electron chi connectivity index (χ1n) is 12.1. The van der Waals surface area contributed by atoms with Gasteiger partial charge in [0.2, 0.25) is 0 Å². The minimum Gasteiger partial charge on any atom is -0.493 e. The molecule has 0 aliphatic carbocycles. The highest BCUT2D eigenvalue weighted by molar-refractivity contribution is 5.96. The van der Waals surface area contributed by atoms with Crippen LogP contribution in [0.2, 0.25) is 0 Å². The number of nitrogens with one attached hydrogen (secondary N) is 2. The number of carboxylic acids is 1. The van der Waals surface area contributed by atoms with E-state index >= 15 is 4.39 Å². The lowest BCUT2D eigenvalue weighted by Gasteiger charge is -2.18. The zero-order valence-electron chi connectivity index (χ0n) is 22.5. The van der Waals surface area contributed by atoms with E-state index in [1.165, 1.54) is 32.4 Å². The first kappa shape index (κ1) is 30.1. The van der Waals surface area contributed by atoms with Gasteiger partial charge in [-0.15, -0.1) is 5.10 Å². The van der Waals surface area contributed by atoms with Gasteiger partial charge in [-0.2, -0.15) is 4.68 Å². The summed E-state index contributed by atoms with van der Waals surface area (Å²) in [6.07, 6.45) is 0.231. The fraction of sp³-hybridized carbons (Fsp3) is 0.179. The summed E-state index contributed by atoms with van der Waals surface area (Å²) in [6.45, 7) is 1.08. The Morgan fingerprint density at radius 1 is 1.07 bits per heavy atom. The number of carbonyl (C=O) groups is 2. The molecule has 0 fully saturated rings. The summed E-state index contributed by atoms with van der Waals surface area (Å²) in [5.74, 6) is -2.32. The third-order valence-corrected chi connectivity index (χ3v) is 5.95. The van der Waals surface area contributed by atoms with Crippen molar-refractivity contribution in [2.75, 3.05) is 14.2 Å². The Bertz CT molecular complexity index is 1630. The maximum absolute atomic E-state index is 15.4. The number of amides is 1. The summed E-state index contributed by atoms with van der Waals surface area (Å²) >= 11 is 0. The van der Waals surface area contributed by atoms with Gasteiger partial charge in [0.15, 0.2) is 11.5 Å². The van der Waals surface area contributed by atoms with E-state index in [-0.39, 0.29) is 40.6 Å². The van der Waals surface area contributed by atoms with E-state index in [1.807, 2.05) is 0 Å². The number of halogens is 1. The first-order valence-corrected chi connectivity index (χ1v) is 12.1. The van der Waals surface area contributed by atoms with Crippen LogP contribution in [0.1, 0.15) is 45.7 Å². The van der Waals surface area contributed by atoms with Crippen molar-refractivity contribution >= 4 is 17.7 Å². The predicted octanol–water partition coefficient (Wildman–Crippen LogP) is 2.57. The molecule has 7 N–H and O–H groups in total. The van der Waals surface area contributed by atoms with Crippen molar-refractivity contribution in [3.63, 3.8) is 0 Å². The average molecular weight is 565 g/mol. The number of carbonyl (C=O) groups excluding carboxylic acids is 1. The predicted molar refractivity (Wildman–Crippen MR) is 149 cm³/mol. The van der Waals surface area contributed by atoms with Crippen LogP contribution in [-0.2, 0) is 11.2 Å². The number of nitrogens with two attached hydrogens (primary N) is 2. The Hall–Kier alpha value is -5.46. The molecule has 0 bridgehead atoms. The van der Waals surface area contributed by atoms with E-state index < -0.39 is 29.3 Å². The summed E-state index contributed by atoms with van der Waals surface area (Å²) in [5.41, 5.74) is 12.2. The van der Waals surface area contributed by atoms with Gasteiger partial charge in [0, 0.05) is 24.1 Å². The molecule has 0 saturated carbocycles. The highest BCUT2D eigenvalue weighted by Crippen LogP contribution is 2.36. The third-order valence-electron chi connectivity index (χ3n) is 5.95. The number of aromatic nitrogens is 3. The van der Waals surface area contributed by atoms with E-state index in [2.05, 4.69) is 10.1 Å². The average Bonchev–Trinajstić information content (AvgIpc) is 3.32. The van der Waals surface area contributed by atoms with Crippen molar-refractivity contribution in [3.8, 4) is 17.2 Å². The standard InChI is InChI=1S/C26H25FN6O4.C2H4O2/c1-36-21-12-17(19(27)13-22(21)37-2)18(11-14-7-9-15(10-8-14)23(28)29)25-31-26(35)33(32-25)20-6-4-3-5-16(20)24(30)34;1-2(3)4/h3-10,12-13,18H,11H2,1-2H3,(H3,28,29)(H2,30,34)(H,31,32,35);1H3,(H,3,4). The highest BCUT2D eigenvalue weighted by Gasteiger charge is 2.26. The van der Waals surface area contributed by atoms with Gasteiger partial charge in [0.05, 0.1) is 31.4 Å². The van der Waals surface area contributed by atoms with Crippen LogP contribution < -0.4 is 26.6 Å². The molecule has 1 heterocycles. The topological polar surface area (TPSA) is 199 Å². The van der Waals surface area contributed by atoms with Crippen molar-refractivity contribution < 1.29 is 28.6 Å². The number of hydrogen-bond donors (Lipinski definition) is 5. The van der Waals surface area contributed by atoms with Gasteiger partial charge in [0.25, 0.3) is 11.9 Å². The fourth-order valence-corrected chi connectivity index (χ4v) is 4.07. The van der Waals surface area contributed by atoms with Crippen LogP contribution in [0.25, 0.3) is 5.69 Å². The van der Waals surface area contributed by atoms with E-state index in [4.69, 9.17) is 36.3 Å². The number of H-pyrrole nitrogens is 1. The molecule has 1 unspecified atom stereocenters. The number of carboxylic acid groups (broad SMARTS) is 1. The molecular weight excluding hydrogens is 535 g/mol. The molecule has 214 valence electrons. The molecule has 1 atom stereocenters. The van der Waals surface area contributed by atoms with Gasteiger partial charge in [-0.05, 0) is 30.2 Å². The molecule has 4 aromatic rings. The lowest BCUT2D eigenvalue weighted by Crippen LogP contribution is -2.21. The van der Waals surface area contributed by atoms with Crippen molar-refractivity contribution in [3.05, 3.63) is 105 Å². The fourth-order valence-electron chi connectivity index (χ4n) is 4.07. The zero-order chi connectivity index (χ0) is 30.3. The zero-order valence-corrected chi connectivity index (χ0v) is 22.5. The molecule has 4 rings (SSSR count). The lowest BCUT2D eigenvalue weighted by molar-refractivity contribution is -0.134. The van der Waals surface area contributed by atoms with Crippen molar-refractivity contribution in [2.24, 2.45) is 11.5 Å². The SMILES string of the molecule is CC(=O)O.COc1cc(F)c(C(Cc2ccc(C(=N)N)cc2)c2nn(-c3ccccc3C(N)=O)c(=O)[nH]2)cc1OC. The molecule has 12 nitrogen and oxygen atoms in total. The van der Waals surface area contributed by atoms with Crippen molar-refractivity contribution in [2.45, 2.75) is 19.3 Å². The van der Waals surface area contributed by atoms with Crippen LogP contribution in [-0.4, -0.2) is 51.8 Å². The van der Waals surface area contributed by atoms with Crippen LogP contribution >= 0.6 is 0 Å². The number of nitrogen functional groups attached to an aromatic ring is 1. The molecule has 1 aromatic heterocycles. The maximum atomic E-state index is 15.4. The number of hydrogen-bond acceptors (Lipinski definition) is 7. The number of methoxy groups -OCH3 is 2. The maximum Gasteiger partial charge on any atom is 0.348 e. The summed E-state index contributed by atoms with van der Waals surface area (Å²) < 4.78 is 27.0. The molecular formula is C28H29FN6O6. The molecule has 41 heavy (non-hydrogen) atoms. The summed E-state index contributed by atoms with van der Waals surface area (Å²) in [5, 5.41) is 19.4. The molecule has 0 saturated heterocycles. The molecule has 0 radical (unpaired) electrons.